The Balaban J connectivity index is 2.47. The first-order valence-electron chi connectivity index (χ1n) is 6.97. The molecule has 116 valence electrons. The molecule has 0 aliphatic heterocycles. The van der Waals surface area contributed by atoms with Gasteiger partial charge in [0.25, 0.3) is 0 Å². The summed E-state index contributed by atoms with van der Waals surface area (Å²) in [6, 6.07) is 7.00. The lowest BCUT2D eigenvalue weighted by Crippen LogP contribution is -2.42. The van der Waals surface area contributed by atoms with Crippen LogP contribution in [-0.4, -0.2) is 42.4 Å². The van der Waals surface area contributed by atoms with Crippen molar-refractivity contribution in [2.45, 2.75) is 26.8 Å². The summed E-state index contributed by atoms with van der Waals surface area (Å²) in [6.07, 6.45) is 0. The van der Waals surface area contributed by atoms with Crippen LogP contribution in [0.4, 0.5) is 5.69 Å². The van der Waals surface area contributed by atoms with Crippen molar-refractivity contribution in [2.24, 2.45) is 0 Å². The summed E-state index contributed by atoms with van der Waals surface area (Å²) in [7, 11) is 0. The van der Waals surface area contributed by atoms with Gasteiger partial charge in [0, 0.05) is 16.8 Å². The molecule has 0 heterocycles. The Morgan fingerprint density at radius 1 is 1.14 bits per heavy atom. The van der Waals surface area contributed by atoms with Gasteiger partial charge in [-0.05, 0) is 44.7 Å². The normalized spacial score (nSPS) is 10.8. The molecule has 0 saturated carbocycles. The highest BCUT2D eigenvalue weighted by atomic mass is 35.5. The Bertz CT molecular complexity index is 474. The number of halogens is 1. The van der Waals surface area contributed by atoms with Crippen molar-refractivity contribution in [3.63, 3.8) is 0 Å². The standard InChI is InChI=1S/C15H22ClN3O2/c1-4-19(9-14(20)17-11(2)3)10-15(21)18-13-7-5-12(16)6-8-13/h5-8,11H,4,9-10H2,1-3H3,(H,17,20)(H,18,21). The van der Waals surface area contributed by atoms with Crippen molar-refractivity contribution in [3.05, 3.63) is 29.3 Å². The molecule has 2 amide bonds. The third-order valence-electron chi connectivity index (χ3n) is 2.76. The average molecular weight is 312 g/mol. The lowest BCUT2D eigenvalue weighted by atomic mass is 10.3. The summed E-state index contributed by atoms with van der Waals surface area (Å²) in [6.45, 7) is 6.73. The van der Waals surface area contributed by atoms with E-state index in [1.807, 2.05) is 20.8 Å². The summed E-state index contributed by atoms with van der Waals surface area (Å²) in [5, 5.41) is 6.21. The van der Waals surface area contributed by atoms with Crippen LogP contribution in [0, 0.1) is 0 Å². The fourth-order valence-electron chi connectivity index (χ4n) is 1.79. The van der Waals surface area contributed by atoms with Crippen molar-refractivity contribution in [2.75, 3.05) is 25.0 Å². The van der Waals surface area contributed by atoms with E-state index >= 15 is 0 Å². The maximum absolute atomic E-state index is 12.0. The Kier molecular flexibility index (Phi) is 7.19. The van der Waals surface area contributed by atoms with Gasteiger partial charge in [-0.3, -0.25) is 14.5 Å². The molecular formula is C15H22ClN3O2. The van der Waals surface area contributed by atoms with Gasteiger partial charge in [0.2, 0.25) is 11.8 Å². The summed E-state index contributed by atoms with van der Waals surface area (Å²) in [5.41, 5.74) is 0.687. The van der Waals surface area contributed by atoms with Crippen LogP contribution in [0.5, 0.6) is 0 Å². The second-order valence-corrected chi connectivity index (χ2v) is 5.52. The van der Waals surface area contributed by atoms with Crippen LogP contribution in [0.25, 0.3) is 0 Å². The minimum Gasteiger partial charge on any atom is -0.353 e. The van der Waals surface area contributed by atoms with Crippen molar-refractivity contribution >= 4 is 29.1 Å². The van der Waals surface area contributed by atoms with Crippen molar-refractivity contribution in [1.29, 1.82) is 0 Å². The summed E-state index contributed by atoms with van der Waals surface area (Å²) in [4.78, 5) is 25.4. The van der Waals surface area contributed by atoms with Crippen molar-refractivity contribution in [3.8, 4) is 0 Å². The fourth-order valence-corrected chi connectivity index (χ4v) is 1.91. The van der Waals surface area contributed by atoms with Crippen LogP contribution < -0.4 is 10.6 Å². The summed E-state index contributed by atoms with van der Waals surface area (Å²) < 4.78 is 0. The number of carbonyl (C=O) groups excluding carboxylic acids is 2. The number of hydrogen-bond acceptors (Lipinski definition) is 3. The third kappa shape index (κ3) is 7.11. The fraction of sp³-hybridized carbons (Fsp3) is 0.467. The van der Waals surface area contributed by atoms with E-state index in [-0.39, 0.29) is 30.9 Å². The predicted octanol–water partition coefficient (Wildman–Crippen LogP) is 2.12. The topological polar surface area (TPSA) is 61.4 Å². The van der Waals surface area contributed by atoms with E-state index in [0.29, 0.717) is 17.3 Å². The van der Waals surface area contributed by atoms with Gasteiger partial charge in [-0.2, -0.15) is 0 Å². The second kappa shape index (κ2) is 8.64. The average Bonchev–Trinajstić information content (AvgIpc) is 2.39. The molecule has 6 heteroatoms. The van der Waals surface area contributed by atoms with Gasteiger partial charge in [0.1, 0.15) is 0 Å². The minimum absolute atomic E-state index is 0.0776. The molecule has 0 fully saturated rings. The molecule has 0 bridgehead atoms. The van der Waals surface area contributed by atoms with Gasteiger partial charge >= 0.3 is 0 Å². The number of nitrogens with zero attached hydrogens (tertiary/aromatic N) is 1. The molecule has 0 spiro atoms. The van der Waals surface area contributed by atoms with Crippen LogP contribution in [0.1, 0.15) is 20.8 Å². The largest absolute Gasteiger partial charge is 0.353 e. The quantitative estimate of drug-likeness (QED) is 0.811. The van der Waals surface area contributed by atoms with Gasteiger partial charge < -0.3 is 10.6 Å². The highest BCUT2D eigenvalue weighted by Crippen LogP contribution is 2.13. The van der Waals surface area contributed by atoms with E-state index < -0.39 is 0 Å². The van der Waals surface area contributed by atoms with Crippen LogP contribution in [0.15, 0.2) is 24.3 Å². The number of amides is 2. The van der Waals surface area contributed by atoms with Gasteiger partial charge in [-0.25, -0.2) is 0 Å². The first-order chi connectivity index (χ1) is 9.90. The lowest BCUT2D eigenvalue weighted by molar-refractivity contribution is -0.123. The second-order valence-electron chi connectivity index (χ2n) is 5.08. The highest BCUT2D eigenvalue weighted by Gasteiger charge is 2.13. The molecule has 0 radical (unpaired) electrons. The Morgan fingerprint density at radius 2 is 1.71 bits per heavy atom. The monoisotopic (exact) mass is 311 g/mol. The van der Waals surface area contributed by atoms with E-state index in [1.54, 1.807) is 29.2 Å². The molecule has 1 aromatic carbocycles. The van der Waals surface area contributed by atoms with Gasteiger partial charge in [0.05, 0.1) is 13.1 Å². The summed E-state index contributed by atoms with van der Waals surface area (Å²) in [5.74, 6) is -0.234. The third-order valence-corrected chi connectivity index (χ3v) is 3.01. The maximum atomic E-state index is 12.0. The Labute approximate surface area is 130 Å². The molecule has 0 saturated heterocycles. The van der Waals surface area contributed by atoms with Crippen LogP contribution in [0.3, 0.4) is 0 Å². The number of likely N-dealkylation sites (N-methyl/N-ethyl adjacent to an activating group) is 1. The van der Waals surface area contributed by atoms with E-state index in [0.717, 1.165) is 0 Å². The molecule has 21 heavy (non-hydrogen) atoms. The molecule has 2 N–H and O–H groups in total. The zero-order chi connectivity index (χ0) is 15.8. The predicted molar refractivity (Wildman–Crippen MR) is 85.5 cm³/mol. The van der Waals surface area contributed by atoms with E-state index in [9.17, 15) is 9.59 Å². The number of rotatable bonds is 7. The number of hydrogen-bond donors (Lipinski definition) is 2. The number of nitrogens with one attached hydrogen (secondary N) is 2. The molecular weight excluding hydrogens is 290 g/mol. The van der Waals surface area contributed by atoms with E-state index in [1.165, 1.54) is 0 Å². The van der Waals surface area contributed by atoms with Crippen LogP contribution in [-0.2, 0) is 9.59 Å². The first-order valence-corrected chi connectivity index (χ1v) is 7.35. The lowest BCUT2D eigenvalue weighted by Gasteiger charge is -2.20. The van der Waals surface area contributed by atoms with Gasteiger partial charge in [-0.1, -0.05) is 18.5 Å². The molecule has 0 unspecified atom stereocenters. The Hall–Kier alpha value is -1.59. The van der Waals surface area contributed by atoms with Crippen LogP contribution in [0.2, 0.25) is 5.02 Å². The Morgan fingerprint density at radius 3 is 2.24 bits per heavy atom. The zero-order valence-electron chi connectivity index (χ0n) is 12.6. The molecule has 0 aromatic heterocycles. The first kappa shape index (κ1) is 17.5. The number of benzene rings is 1. The van der Waals surface area contributed by atoms with Gasteiger partial charge in [0.15, 0.2) is 0 Å². The SMILES string of the molecule is CCN(CC(=O)Nc1ccc(Cl)cc1)CC(=O)NC(C)C. The summed E-state index contributed by atoms with van der Waals surface area (Å²) >= 11 is 5.79. The molecule has 1 rings (SSSR count). The smallest absolute Gasteiger partial charge is 0.238 e. The van der Waals surface area contributed by atoms with Crippen molar-refractivity contribution < 1.29 is 9.59 Å². The van der Waals surface area contributed by atoms with E-state index in [2.05, 4.69) is 10.6 Å². The zero-order valence-corrected chi connectivity index (χ0v) is 13.4. The molecule has 0 atom stereocenters. The van der Waals surface area contributed by atoms with Gasteiger partial charge in [-0.15, -0.1) is 0 Å². The number of carbonyl (C=O) groups is 2. The number of anilines is 1. The minimum atomic E-state index is -0.156. The van der Waals surface area contributed by atoms with Crippen LogP contribution >= 0.6 is 11.6 Å². The molecule has 5 nitrogen and oxygen atoms in total. The molecule has 0 aliphatic rings. The highest BCUT2D eigenvalue weighted by molar-refractivity contribution is 6.30. The van der Waals surface area contributed by atoms with Crippen molar-refractivity contribution in [1.82, 2.24) is 10.2 Å². The molecule has 1 aromatic rings. The maximum Gasteiger partial charge on any atom is 0.238 e. The molecule has 0 aliphatic carbocycles. The van der Waals surface area contributed by atoms with E-state index in [4.69, 9.17) is 11.6 Å².